The molecule has 1 fully saturated rings. The number of nitrogens with one attached hydrogen (secondary N) is 1. The van der Waals surface area contributed by atoms with Gasteiger partial charge >= 0.3 is 0 Å². The molecule has 0 saturated heterocycles. The van der Waals surface area contributed by atoms with Crippen molar-refractivity contribution in [3.05, 3.63) is 12.4 Å². The van der Waals surface area contributed by atoms with Crippen molar-refractivity contribution in [3.8, 4) is 0 Å². The maximum absolute atomic E-state index is 4.38. The first-order chi connectivity index (χ1) is 7.40. The largest absolute Gasteiger partial charge is 0.353 e. The second kappa shape index (κ2) is 5.45. The highest BCUT2D eigenvalue weighted by molar-refractivity contribution is 7.98. The first-order valence-electron chi connectivity index (χ1n) is 5.67. The van der Waals surface area contributed by atoms with Crippen molar-refractivity contribution in [2.45, 2.75) is 38.3 Å². The Morgan fingerprint density at radius 2 is 2.33 bits per heavy atom. The summed E-state index contributed by atoms with van der Waals surface area (Å²) in [4.78, 5) is 4.38. The second-order valence-electron chi connectivity index (χ2n) is 4.06. The molecule has 1 heterocycles. The van der Waals surface area contributed by atoms with Crippen LogP contribution in [0.3, 0.4) is 0 Å². The van der Waals surface area contributed by atoms with Gasteiger partial charge in [-0.15, -0.1) is 0 Å². The van der Waals surface area contributed by atoms with Crippen LogP contribution in [0.5, 0.6) is 0 Å². The SMILES string of the molecule is CSCCn1ccnc1NC1CCCC1. The molecular weight excluding hydrogens is 206 g/mol. The standard InChI is InChI=1S/C11H19N3S/c1-15-9-8-14-7-6-12-11(14)13-10-4-2-3-5-10/h6-7,10H,2-5,8-9H2,1H3,(H,12,13). The Bertz CT molecular complexity index is 292. The molecule has 0 bridgehead atoms. The molecule has 3 nitrogen and oxygen atoms in total. The van der Waals surface area contributed by atoms with Crippen molar-refractivity contribution in [1.82, 2.24) is 9.55 Å². The van der Waals surface area contributed by atoms with Gasteiger partial charge in [0.2, 0.25) is 5.95 Å². The Balaban J connectivity index is 1.91. The summed E-state index contributed by atoms with van der Waals surface area (Å²) in [6, 6.07) is 0.653. The lowest BCUT2D eigenvalue weighted by atomic mass is 10.2. The van der Waals surface area contributed by atoms with Crippen molar-refractivity contribution in [2.24, 2.45) is 0 Å². The van der Waals surface area contributed by atoms with E-state index in [4.69, 9.17) is 0 Å². The zero-order valence-electron chi connectivity index (χ0n) is 9.28. The minimum atomic E-state index is 0.653. The van der Waals surface area contributed by atoms with Gasteiger partial charge in [-0.25, -0.2) is 4.98 Å². The van der Waals surface area contributed by atoms with Gasteiger partial charge in [-0.05, 0) is 19.1 Å². The summed E-state index contributed by atoms with van der Waals surface area (Å²) in [6.45, 7) is 1.05. The predicted molar refractivity (Wildman–Crippen MR) is 66.5 cm³/mol. The minimum absolute atomic E-state index is 0.653. The average molecular weight is 225 g/mol. The van der Waals surface area contributed by atoms with E-state index in [2.05, 4.69) is 27.3 Å². The lowest BCUT2D eigenvalue weighted by Gasteiger charge is -2.14. The van der Waals surface area contributed by atoms with E-state index in [0.717, 1.165) is 18.2 Å². The summed E-state index contributed by atoms with van der Waals surface area (Å²) < 4.78 is 2.22. The summed E-state index contributed by atoms with van der Waals surface area (Å²) in [6.07, 6.45) is 11.4. The highest BCUT2D eigenvalue weighted by Crippen LogP contribution is 2.21. The van der Waals surface area contributed by atoms with Crippen LogP contribution in [-0.4, -0.2) is 27.6 Å². The fraction of sp³-hybridized carbons (Fsp3) is 0.727. The highest BCUT2D eigenvalue weighted by Gasteiger charge is 2.16. The van der Waals surface area contributed by atoms with E-state index in [0.29, 0.717) is 6.04 Å². The molecule has 0 spiro atoms. The number of thioether (sulfide) groups is 1. The summed E-state index contributed by atoms with van der Waals surface area (Å²) in [5.41, 5.74) is 0. The molecule has 84 valence electrons. The van der Waals surface area contributed by atoms with Crippen LogP contribution in [0.15, 0.2) is 12.4 Å². The number of aryl methyl sites for hydroxylation is 1. The molecule has 4 heteroatoms. The van der Waals surface area contributed by atoms with E-state index < -0.39 is 0 Å². The Labute approximate surface area is 95.7 Å². The number of hydrogen-bond acceptors (Lipinski definition) is 3. The molecule has 1 saturated carbocycles. The van der Waals surface area contributed by atoms with E-state index >= 15 is 0 Å². The zero-order chi connectivity index (χ0) is 10.5. The van der Waals surface area contributed by atoms with Crippen LogP contribution in [0, 0.1) is 0 Å². The van der Waals surface area contributed by atoms with Gasteiger partial charge in [-0.1, -0.05) is 12.8 Å². The molecule has 1 aliphatic rings. The molecule has 1 aromatic rings. The average Bonchev–Trinajstić information content (AvgIpc) is 2.87. The monoisotopic (exact) mass is 225 g/mol. The van der Waals surface area contributed by atoms with Gasteiger partial charge in [0.1, 0.15) is 0 Å². The maximum Gasteiger partial charge on any atom is 0.203 e. The quantitative estimate of drug-likeness (QED) is 0.835. The van der Waals surface area contributed by atoms with E-state index in [-0.39, 0.29) is 0 Å². The second-order valence-corrected chi connectivity index (χ2v) is 5.05. The summed E-state index contributed by atoms with van der Waals surface area (Å²) in [5.74, 6) is 2.20. The number of anilines is 1. The van der Waals surface area contributed by atoms with Crippen molar-refractivity contribution in [1.29, 1.82) is 0 Å². The third-order valence-electron chi connectivity index (χ3n) is 2.94. The van der Waals surface area contributed by atoms with Gasteiger partial charge in [0.15, 0.2) is 0 Å². The van der Waals surface area contributed by atoms with Gasteiger partial charge in [0.25, 0.3) is 0 Å². The molecule has 0 radical (unpaired) electrons. The molecule has 15 heavy (non-hydrogen) atoms. The Kier molecular flexibility index (Phi) is 3.94. The number of nitrogens with zero attached hydrogens (tertiary/aromatic N) is 2. The normalized spacial score (nSPS) is 17.1. The smallest absolute Gasteiger partial charge is 0.203 e. The molecule has 1 aliphatic carbocycles. The fourth-order valence-electron chi connectivity index (χ4n) is 2.07. The van der Waals surface area contributed by atoms with Crippen molar-refractivity contribution in [3.63, 3.8) is 0 Å². The van der Waals surface area contributed by atoms with Gasteiger partial charge in [-0.3, -0.25) is 0 Å². The zero-order valence-corrected chi connectivity index (χ0v) is 10.1. The first kappa shape index (κ1) is 10.9. The molecule has 2 rings (SSSR count). The Morgan fingerprint density at radius 1 is 1.53 bits per heavy atom. The van der Waals surface area contributed by atoms with E-state index in [1.165, 1.54) is 25.7 Å². The van der Waals surface area contributed by atoms with Crippen molar-refractivity contribution >= 4 is 17.7 Å². The Hall–Kier alpha value is -0.640. The van der Waals surface area contributed by atoms with Gasteiger partial charge in [0.05, 0.1) is 0 Å². The van der Waals surface area contributed by atoms with Crippen LogP contribution in [0.1, 0.15) is 25.7 Å². The summed E-state index contributed by atoms with van der Waals surface area (Å²) in [7, 11) is 0. The molecule has 0 aliphatic heterocycles. The molecule has 0 atom stereocenters. The number of hydrogen-bond donors (Lipinski definition) is 1. The third-order valence-corrected chi connectivity index (χ3v) is 3.53. The highest BCUT2D eigenvalue weighted by atomic mass is 32.2. The minimum Gasteiger partial charge on any atom is -0.353 e. The number of aromatic nitrogens is 2. The van der Waals surface area contributed by atoms with Crippen LogP contribution < -0.4 is 5.32 Å². The van der Waals surface area contributed by atoms with E-state index in [9.17, 15) is 0 Å². The molecular formula is C11H19N3S. The molecule has 1 aromatic heterocycles. The van der Waals surface area contributed by atoms with Crippen molar-refractivity contribution in [2.75, 3.05) is 17.3 Å². The van der Waals surface area contributed by atoms with Crippen LogP contribution in [0.2, 0.25) is 0 Å². The maximum atomic E-state index is 4.38. The Morgan fingerprint density at radius 3 is 3.07 bits per heavy atom. The van der Waals surface area contributed by atoms with Crippen LogP contribution in [0.4, 0.5) is 5.95 Å². The molecule has 0 amide bonds. The summed E-state index contributed by atoms with van der Waals surface area (Å²) in [5, 5.41) is 3.54. The predicted octanol–water partition coefficient (Wildman–Crippen LogP) is 2.60. The van der Waals surface area contributed by atoms with Crippen molar-refractivity contribution < 1.29 is 0 Å². The van der Waals surface area contributed by atoms with E-state index in [1.807, 2.05) is 18.0 Å². The fourth-order valence-corrected chi connectivity index (χ4v) is 2.45. The van der Waals surface area contributed by atoms with Crippen LogP contribution in [0.25, 0.3) is 0 Å². The van der Waals surface area contributed by atoms with Crippen LogP contribution >= 0.6 is 11.8 Å². The molecule has 0 aromatic carbocycles. The number of imidazole rings is 1. The van der Waals surface area contributed by atoms with E-state index in [1.54, 1.807) is 0 Å². The van der Waals surface area contributed by atoms with Gasteiger partial charge in [0, 0.05) is 30.7 Å². The van der Waals surface area contributed by atoms with Gasteiger partial charge in [-0.2, -0.15) is 11.8 Å². The first-order valence-corrected chi connectivity index (χ1v) is 7.06. The molecule has 0 unspecified atom stereocenters. The molecule has 1 N–H and O–H groups in total. The lowest BCUT2D eigenvalue weighted by molar-refractivity contribution is 0.709. The van der Waals surface area contributed by atoms with Gasteiger partial charge < -0.3 is 9.88 Å². The third kappa shape index (κ3) is 2.91. The summed E-state index contributed by atoms with van der Waals surface area (Å²) >= 11 is 1.87. The van der Waals surface area contributed by atoms with Crippen LogP contribution in [-0.2, 0) is 6.54 Å². The number of rotatable bonds is 5. The topological polar surface area (TPSA) is 29.9 Å². The lowest BCUT2D eigenvalue weighted by Crippen LogP contribution is -2.18.